The van der Waals surface area contributed by atoms with E-state index in [1.165, 1.54) is 6.92 Å². The molecule has 0 saturated heterocycles. The van der Waals surface area contributed by atoms with E-state index in [1.807, 2.05) is 30.3 Å². The van der Waals surface area contributed by atoms with Gasteiger partial charge < -0.3 is 5.73 Å². The highest BCUT2D eigenvalue weighted by Crippen LogP contribution is 2.02. The summed E-state index contributed by atoms with van der Waals surface area (Å²) in [6.45, 7) is 1.26. The van der Waals surface area contributed by atoms with E-state index in [1.54, 1.807) is 0 Å². The molecule has 0 saturated carbocycles. The zero-order chi connectivity index (χ0) is 13.7. The van der Waals surface area contributed by atoms with Crippen LogP contribution in [0.2, 0.25) is 0 Å². The second-order valence-corrected chi connectivity index (χ2v) is 3.56. The number of benzene rings is 1. The van der Waals surface area contributed by atoms with Gasteiger partial charge in [-0.15, -0.1) is 0 Å². The first kappa shape index (κ1) is 12.6. The molecule has 98 valence electrons. The lowest BCUT2D eigenvalue weighted by atomic mass is 10.3. The van der Waals surface area contributed by atoms with Gasteiger partial charge in [0, 0.05) is 6.92 Å². The van der Waals surface area contributed by atoms with Crippen molar-refractivity contribution in [3.8, 4) is 0 Å². The van der Waals surface area contributed by atoms with E-state index >= 15 is 0 Å². The molecule has 0 aliphatic rings. The molecule has 0 bridgehead atoms. The standard InChI is InChI=1S/C11H11N5O3/c1-7(17)18-16-11(9-10(12)15-19-14-9)13-8-5-3-2-4-6-8/h2-6H,1H3,(H2,12,15)(H,13,16)/p+1. The van der Waals surface area contributed by atoms with Crippen molar-refractivity contribution >= 4 is 23.3 Å². The number of nitrogens with two attached hydrogens (primary N) is 1. The van der Waals surface area contributed by atoms with Crippen LogP contribution in [0.5, 0.6) is 0 Å². The summed E-state index contributed by atoms with van der Waals surface area (Å²) in [6, 6.07) is 9.20. The molecule has 2 rings (SSSR count). The molecular weight excluding hydrogens is 250 g/mol. The normalized spacial score (nSPS) is 11.1. The van der Waals surface area contributed by atoms with Crippen LogP contribution in [-0.4, -0.2) is 22.1 Å². The number of carbonyl (C=O) groups is 1. The molecule has 0 amide bonds. The third-order valence-electron chi connectivity index (χ3n) is 2.09. The summed E-state index contributed by atoms with van der Waals surface area (Å²) in [5.74, 6) is -0.194. The maximum absolute atomic E-state index is 10.8. The van der Waals surface area contributed by atoms with Crippen molar-refractivity contribution in [2.45, 2.75) is 6.92 Å². The summed E-state index contributed by atoms with van der Waals surface area (Å²) in [5.41, 5.74) is 8.98. The average Bonchev–Trinajstić information content (AvgIpc) is 2.82. The molecule has 0 unspecified atom stereocenters. The van der Waals surface area contributed by atoms with Crippen molar-refractivity contribution in [3.63, 3.8) is 0 Å². The van der Waals surface area contributed by atoms with Crippen LogP contribution >= 0.6 is 0 Å². The topological polar surface area (TPSA) is 117 Å². The lowest BCUT2D eigenvalue weighted by Crippen LogP contribution is -2.70. The molecule has 2 aromatic rings. The van der Waals surface area contributed by atoms with Crippen molar-refractivity contribution in [2.75, 3.05) is 5.73 Å². The van der Waals surface area contributed by atoms with Crippen molar-refractivity contribution in [1.82, 2.24) is 15.8 Å². The van der Waals surface area contributed by atoms with Gasteiger partial charge in [-0.3, -0.25) is 4.84 Å². The fourth-order valence-corrected chi connectivity index (χ4v) is 1.29. The van der Waals surface area contributed by atoms with Gasteiger partial charge in [-0.2, -0.15) is 0 Å². The first-order valence-electron chi connectivity index (χ1n) is 5.37. The summed E-state index contributed by atoms with van der Waals surface area (Å²) in [7, 11) is 0. The third kappa shape index (κ3) is 3.28. The van der Waals surface area contributed by atoms with Crippen LogP contribution in [0.4, 0.5) is 11.5 Å². The number of hydrogen-bond acceptors (Lipinski definition) is 6. The van der Waals surface area contributed by atoms with E-state index < -0.39 is 5.97 Å². The summed E-state index contributed by atoms with van der Waals surface area (Å²) >= 11 is 0. The fraction of sp³-hybridized carbons (Fsp3) is 0.0909. The zero-order valence-electron chi connectivity index (χ0n) is 10.1. The van der Waals surface area contributed by atoms with Crippen LogP contribution in [-0.2, 0) is 9.63 Å². The number of carbonyl (C=O) groups excluding carboxylic acids is 1. The number of rotatable bonds is 2. The summed E-state index contributed by atoms with van der Waals surface area (Å²) in [6.07, 6.45) is 0. The average molecular weight is 262 g/mol. The minimum Gasteiger partial charge on any atom is -0.379 e. The summed E-state index contributed by atoms with van der Waals surface area (Å²) < 4.78 is 4.50. The molecule has 8 nitrogen and oxygen atoms in total. The lowest BCUT2D eigenvalue weighted by Gasteiger charge is -1.98. The van der Waals surface area contributed by atoms with Gasteiger partial charge in [0.2, 0.25) is 11.5 Å². The largest absolute Gasteiger partial charge is 0.379 e. The van der Waals surface area contributed by atoms with Gasteiger partial charge in [0.15, 0.2) is 0 Å². The number of amidine groups is 1. The first-order chi connectivity index (χ1) is 9.16. The molecule has 0 aliphatic heterocycles. The van der Waals surface area contributed by atoms with Crippen LogP contribution in [0.25, 0.3) is 0 Å². The van der Waals surface area contributed by atoms with Gasteiger partial charge in [0.05, 0.1) is 0 Å². The number of para-hydroxylation sites is 1. The maximum atomic E-state index is 10.8. The summed E-state index contributed by atoms with van der Waals surface area (Å²) in [4.78, 5) is 18.5. The van der Waals surface area contributed by atoms with Crippen LogP contribution in [0.1, 0.15) is 12.6 Å². The highest BCUT2D eigenvalue weighted by Gasteiger charge is 2.22. The predicted octanol–water partition coefficient (Wildman–Crippen LogP) is -1.12. The number of nitrogens with one attached hydrogen (secondary N) is 2. The van der Waals surface area contributed by atoms with E-state index in [0.29, 0.717) is 0 Å². The van der Waals surface area contributed by atoms with Crippen molar-refractivity contribution in [1.29, 1.82) is 0 Å². The number of anilines is 1. The predicted molar refractivity (Wildman–Crippen MR) is 64.8 cm³/mol. The van der Waals surface area contributed by atoms with Crippen LogP contribution in [0.3, 0.4) is 0 Å². The number of nitrogens with zero attached hydrogens (tertiary/aromatic N) is 2. The number of hydroxylamine groups is 1. The number of nitrogen functional groups attached to an aromatic ring is 1. The minimum absolute atomic E-state index is 0.0677. The third-order valence-corrected chi connectivity index (χ3v) is 2.09. The van der Waals surface area contributed by atoms with Gasteiger partial charge in [-0.05, 0) is 22.4 Å². The van der Waals surface area contributed by atoms with Crippen LogP contribution < -0.4 is 16.2 Å². The molecule has 0 atom stereocenters. The molecular formula is C11H12N5O3+. The molecule has 1 heterocycles. The first-order valence-corrected chi connectivity index (χ1v) is 5.37. The second kappa shape index (κ2) is 5.63. The van der Waals surface area contributed by atoms with E-state index in [-0.39, 0.29) is 17.3 Å². The van der Waals surface area contributed by atoms with Crippen molar-refractivity contribution < 1.29 is 19.3 Å². The maximum Gasteiger partial charge on any atom is 0.354 e. The Kier molecular flexibility index (Phi) is 3.72. The Morgan fingerprint density at radius 1 is 1.37 bits per heavy atom. The lowest BCUT2D eigenvalue weighted by molar-refractivity contribution is -0.359. The van der Waals surface area contributed by atoms with E-state index in [9.17, 15) is 4.79 Å². The Bertz CT molecular complexity index is 593. The molecule has 1 aromatic heterocycles. The monoisotopic (exact) mass is 262 g/mol. The molecule has 0 spiro atoms. The van der Waals surface area contributed by atoms with Gasteiger partial charge in [0.1, 0.15) is 5.69 Å². The number of hydrogen-bond donors (Lipinski definition) is 3. The van der Waals surface area contributed by atoms with Gasteiger partial charge in [-0.1, -0.05) is 23.7 Å². The Morgan fingerprint density at radius 3 is 2.68 bits per heavy atom. The van der Waals surface area contributed by atoms with E-state index in [4.69, 9.17) is 10.6 Å². The van der Waals surface area contributed by atoms with Crippen molar-refractivity contribution in [2.24, 2.45) is 0 Å². The van der Waals surface area contributed by atoms with E-state index in [2.05, 4.69) is 25.4 Å². The molecule has 1 aromatic carbocycles. The number of aromatic nitrogens is 2. The molecule has 0 aliphatic carbocycles. The molecule has 4 N–H and O–H groups in total. The molecule has 0 radical (unpaired) electrons. The van der Waals surface area contributed by atoms with Crippen molar-refractivity contribution in [3.05, 3.63) is 36.0 Å². The summed E-state index contributed by atoms with van der Waals surface area (Å²) in [5, 5.41) is 7.08. The molecule has 8 heteroatoms. The van der Waals surface area contributed by atoms with Crippen LogP contribution in [0, 0.1) is 0 Å². The second-order valence-electron chi connectivity index (χ2n) is 3.56. The fourth-order valence-electron chi connectivity index (χ4n) is 1.29. The Hall–Kier alpha value is -2.90. The van der Waals surface area contributed by atoms with Gasteiger partial charge in [-0.25, -0.2) is 14.4 Å². The highest BCUT2D eigenvalue weighted by atomic mass is 16.7. The highest BCUT2D eigenvalue weighted by molar-refractivity contribution is 5.96. The Morgan fingerprint density at radius 2 is 2.11 bits per heavy atom. The smallest absolute Gasteiger partial charge is 0.354 e. The molecule has 19 heavy (non-hydrogen) atoms. The van der Waals surface area contributed by atoms with Gasteiger partial charge >= 0.3 is 11.8 Å². The quantitative estimate of drug-likeness (QED) is 0.356. The van der Waals surface area contributed by atoms with Gasteiger partial charge in [0.25, 0.3) is 0 Å². The van der Waals surface area contributed by atoms with Crippen LogP contribution in [0.15, 0.2) is 35.0 Å². The minimum atomic E-state index is -0.512. The Labute approximate surface area is 108 Å². The SMILES string of the molecule is CC(=O)ONC(=[NH+]c1ccccc1)c1nonc1N. The molecule has 0 fully saturated rings. The van der Waals surface area contributed by atoms with E-state index in [0.717, 1.165) is 5.69 Å². The Balaban J connectivity index is 2.32. The zero-order valence-corrected chi connectivity index (χ0v) is 10.1.